The van der Waals surface area contributed by atoms with Crippen LogP contribution in [0.15, 0.2) is 41.7 Å². The van der Waals surface area contributed by atoms with Crippen molar-refractivity contribution >= 4 is 11.3 Å². The number of rotatable bonds is 1. The van der Waals surface area contributed by atoms with Crippen molar-refractivity contribution in [1.82, 2.24) is 0 Å². The quantitative estimate of drug-likeness (QED) is 0.554. The Morgan fingerprint density at radius 2 is 2.00 bits per heavy atom. The van der Waals surface area contributed by atoms with Crippen LogP contribution >= 0.6 is 0 Å². The van der Waals surface area contributed by atoms with E-state index in [2.05, 4.69) is 43.5 Å². The van der Waals surface area contributed by atoms with Crippen molar-refractivity contribution in [3.63, 3.8) is 0 Å². The molecular weight excluding hydrogens is 258 g/mol. The van der Waals surface area contributed by atoms with E-state index in [4.69, 9.17) is 6.57 Å². The number of hydrogen-bond donors (Lipinski definition) is 0. The molecule has 3 nitrogen and oxygen atoms in total. The molecule has 0 radical (unpaired) electrons. The summed E-state index contributed by atoms with van der Waals surface area (Å²) in [4.78, 5) is 5.66. The Bertz CT molecular complexity index is 687. The smallest absolute Gasteiger partial charge is 0.269 e. The molecule has 1 aliphatic heterocycles. The summed E-state index contributed by atoms with van der Waals surface area (Å²) in [6.07, 6.45) is 2.00. The Kier molecular flexibility index (Phi) is 3.87. The molecule has 2 rings (SSSR count). The summed E-state index contributed by atoms with van der Waals surface area (Å²) in [5.74, 6) is 0. The Labute approximate surface area is 126 Å². The SMILES string of the molecule is [C-]#[N+]/C(C#N)=C1/C=C(C(C)(C)C)N(CC)c2ccccc21. The highest BCUT2D eigenvalue weighted by atomic mass is 15.2. The molecule has 0 bridgehead atoms. The Morgan fingerprint density at radius 1 is 1.33 bits per heavy atom. The number of para-hydroxylation sites is 1. The number of nitriles is 1. The topological polar surface area (TPSA) is 31.4 Å². The van der Waals surface area contributed by atoms with Crippen molar-refractivity contribution in [2.75, 3.05) is 11.4 Å². The van der Waals surface area contributed by atoms with Crippen LogP contribution in [-0.4, -0.2) is 6.54 Å². The van der Waals surface area contributed by atoms with Crippen LogP contribution in [-0.2, 0) is 0 Å². The zero-order valence-electron chi connectivity index (χ0n) is 12.9. The molecule has 0 aliphatic carbocycles. The highest BCUT2D eigenvalue weighted by Gasteiger charge is 2.29. The van der Waals surface area contributed by atoms with Gasteiger partial charge in [0.25, 0.3) is 5.70 Å². The molecule has 0 unspecified atom stereocenters. The van der Waals surface area contributed by atoms with Crippen molar-refractivity contribution in [3.8, 4) is 6.07 Å². The molecule has 1 aromatic carbocycles. The third-order valence-corrected chi connectivity index (χ3v) is 3.61. The van der Waals surface area contributed by atoms with Crippen LogP contribution in [0.2, 0.25) is 0 Å². The van der Waals surface area contributed by atoms with E-state index in [0.717, 1.165) is 29.1 Å². The highest BCUT2D eigenvalue weighted by molar-refractivity contribution is 5.91. The average molecular weight is 277 g/mol. The van der Waals surface area contributed by atoms with Crippen LogP contribution in [0.25, 0.3) is 10.4 Å². The molecule has 1 heterocycles. The Morgan fingerprint density at radius 3 is 2.52 bits per heavy atom. The van der Waals surface area contributed by atoms with Crippen molar-refractivity contribution in [2.24, 2.45) is 5.41 Å². The fourth-order valence-electron chi connectivity index (χ4n) is 2.66. The molecule has 106 valence electrons. The number of hydrogen-bond acceptors (Lipinski definition) is 2. The minimum absolute atomic E-state index is 0.0582. The zero-order chi connectivity index (χ0) is 15.6. The Balaban J connectivity index is 2.82. The van der Waals surface area contributed by atoms with Crippen LogP contribution in [0.1, 0.15) is 33.3 Å². The number of fused-ring (bicyclic) bond motifs is 1. The monoisotopic (exact) mass is 277 g/mol. The van der Waals surface area contributed by atoms with Crippen molar-refractivity contribution in [1.29, 1.82) is 5.26 Å². The van der Waals surface area contributed by atoms with Crippen LogP contribution < -0.4 is 4.90 Å². The first-order valence-corrected chi connectivity index (χ1v) is 7.05. The lowest BCUT2D eigenvalue weighted by atomic mass is 9.84. The third-order valence-electron chi connectivity index (χ3n) is 3.61. The molecule has 1 aromatic rings. The van der Waals surface area contributed by atoms with Gasteiger partial charge < -0.3 is 4.90 Å². The van der Waals surface area contributed by atoms with E-state index in [1.54, 1.807) is 0 Å². The summed E-state index contributed by atoms with van der Waals surface area (Å²) in [6, 6.07) is 10.0. The minimum Gasteiger partial charge on any atom is -0.344 e. The lowest BCUT2D eigenvalue weighted by Crippen LogP contribution is -2.33. The molecule has 0 atom stereocenters. The molecule has 21 heavy (non-hydrogen) atoms. The number of allylic oxidation sites excluding steroid dienone is 4. The number of nitrogens with zero attached hydrogens (tertiary/aromatic N) is 3. The van der Waals surface area contributed by atoms with Crippen molar-refractivity contribution in [2.45, 2.75) is 27.7 Å². The van der Waals surface area contributed by atoms with Gasteiger partial charge in [0.15, 0.2) is 0 Å². The van der Waals surface area contributed by atoms with Gasteiger partial charge in [0.1, 0.15) is 0 Å². The van der Waals surface area contributed by atoms with Gasteiger partial charge in [-0.2, -0.15) is 0 Å². The van der Waals surface area contributed by atoms with E-state index in [1.165, 1.54) is 0 Å². The van der Waals surface area contributed by atoms with Gasteiger partial charge in [-0.25, -0.2) is 10.1 Å². The lowest BCUT2D eigenvalue weighted by Gasteiger charge is -2.39. The van der Waals surface area contributed by atoms with Gasteiger partial charge in [-0.3, -0.25) is 0 Å². The number of anilines is 1. The molecule has 0 N–H and O–H groups in total. The van der Waals surface area contributed by atoms with E-state index in [-0.39, 0.29) is 11.1 Å². The summed E-state index contributed by atoms with van der Waals surface area (Å²) in [7, 11) is 0. The third kappa shape index (κ3) is 2.56. The van der Waals surface area contributed by atoms with E-state index in [0.29, 0.717) is 0 Å². The predicted octanol–water partition coefficient (Wildman–Crippen LogP) is 4.61. The second-order valence-electron chi connectivity index (χ2n) is 6.03. The average Bonchev–Trinajstić information content (AvgIpc) is 2.46. The first-order valence-electron chi connectivity index (χ1n) is 7.05. The fourth-order valence-corrected chi connectivity index (χ4v) is 2.66. The standard InChI is InChI=1S/C18H19N3/c1-6-21-16-10-8-7-9-13(16)14(15(12-19)20-5)11-17(21)18(2,3)4/h7-11H,6H2,1-4H3/b15-14-. The minimum atomic E-state index is -0.0582. The summed E-state index contributed by atoms with van der Waals surface area (Å²) < 4.78 is 0. The van der Waals surface area contributed by atoms with Crippen LogP contribution in [0, 0.1) is 23.3 Å². The summed E-state index contributed by atoms with van der Waals surface area (Å²) >= 11 is 0. The molecule has 0 aromatic heterocycles. The highest BCUT2D eigenvalue weighted by Crippen LogP contribution is 2.43. The second-order valence-corrected chi connectivity index (χ2v) is 6.03. The van der Waals surface area contributed by atoms with Gasteiger partial charge in [-0.05, 0) is 24.6 Å². The van der Waals surface area contributed by atoms with Gasteiger partial charge in [-0.15, -0.1) is 0 Å². The van der Waals surface area contributed by atoms with Gasteiger partial charge in [0, 0.05) is 28.9 Å². The molecule has 0 spiro atoms. The van der Waals surface area contributed by atoms with E-state index in [9.17, 15) is 5.26 Å². The maximum atomic E-state index is 9.25. The second kappa shape index (κ2) is 5.46. The van der Waals surface area contributed by atoms with Crippen LogP contribution in [0.3, 0.4) is 0 Å². The van der Waals surface area contributed by atoms with Gasteiger partial charge in [0.2, 0.25) is 0 Å². The summed E-state index contributed by atoms with van der Waals surface area (Å²) in [5.41, 5.74) is 3.99. The largest absolute Gasteiger partial charge is 0.344 e. The summed E-state index contributed by atoms with van der Waals surface area (Å²) in [6.45, 7) is 16.7. The molecule has 0 fully saturated rings. The van der Waals surface area contributed by atoms with E-state index < -0.39 is 0 Å². The first-order chi connectivity index (χ1) is 9.93. The molecule has 1 aliphatic rings. The molecule has 0 saturated carbocycles. The van der Waals surface area contributed by atoms with E-state index >= 15 is 0 Å². The van der Waals surface area contributed by atoms with Gasteiger partial charge in [-0.1, -0.05) is 39.0 Å². The van der Waals surface area contributed by atoms with Crippen LogP contribution in [0.5, 0.6) is 0 Å². The maximum Gasteiger partial charge on any atom is 0.269 e. The maximum absolute atomic E-state index is 9.25. The van der Waals surface area contributed by atoms with Gasteiger partial charge in [0.05, 0.1) is 12.6 Å². The molecular formula is C18H19N3. The zero-order valence-corrected chi connectivity index (χ0v) is 12.9. The summed E-state index contributed by atoms with van der Waals surface area (Å²) in [5, 5.41) is 9.25. The fraction of sp³-hybridized carbons (Fsp3) is 0.333. The normalized spacial score (nSPS) is 16.5. The predicted molar refractivity (Wildman–Crippen MR) is 86.1 cm³/mol. The number of benzene rings is 1. The van der Waals surface area contributed by atoms with Crippen molar-refractivity contribution in [3.05, 3.63) is 58.7 Å². The molecule has 3 heteroatoms. The van der Waals surface area contributed by atoms with E-state index in [1.807, 2.05) is 30.3 Å². The molecule has 0 saturated heterocycles. The molecule has 0 amide bonds. The lowest BCUT2D eigenvalue weighted by molar-refractivity contribution is 0.484. The van der Waals surface area contributed by atoms with Crippen LogP contribution in [0.4, 0.5) is 5.69 Å². The first kappa shape index (κ1) is 14.9. The Hall–Kier alpha value is -2.52. The van der Waals surface area contributed by atoms with Crippen molar-refractivity contribution < 1.29 is 0 Å². The van der Waals surface area contributed by atoms with Gasteiger partial charge >= 0.3 is 0 Å².